The smallest absolute Gasteiger partial charge is 0.358 e. The molecule has 0 amide bonds. The Balaban J connectivity index is 2.54. The second-order valence-corrected chi connectivity index (χ2v) is 6.87. The van der Waals surface area contributed by atoms with Gasteiger partial charge in [0.15, 0.2) is 11.5 Å². The van der Waals surface area contributed by atoms with Crippen molar-refractivity contribution >= 4 is 50.4 Å². The maximum absolute atomic E-state index is 11.6. The van der Waals surface area contributed by atoms with E-state index in [0.29, 0.717) is 9.88 Å². The minimum Gasteiger partial charge on any atom is -0.464 e. The van der Waals surface area contributed by atoms with Crippen molar-refractivity contribution in [3.05, 3.63) is 26.0 Å². The van der Waals surface area contributed by atoms with E-state index in [-0.39, 0.29) is 11.5 Å². The maximum Gasteiger partial charge on any atom is 0.358 e. The highest BCUT2D eigenvalue weighted by Crippen LogP contribution is 2.37. The first kappa shape index (κ1) is 14.4. The lowest BCUT2D eigenvalue weighted by molar-refractivity contribution is 0.0591. The summed E-state index contributed by atoms with van der Waals surface area (Å²) in [5.74, 6) is -0.767. The predicted octanol–water partition coefficient (Wildman–Crippen LogP) is 3.93. The van der Waals surface area contributed by atoms with Crippen LogP contribution in [0, 0.1) is 6.92 Å². The molecular formula is C12H10BrNO3S2. The summed E-state index contributed by atoms with van der Waals surface area (Å²) in [6.45, 7) is 3.40. The minimum absolute atomic E-state index is 0.0946. The first-order valence-corrected chi connectivity index (χ1v) is 7.73. The van der Waals surface area contributed by atoms with Crippen molar-refractivity contribution in [3.8, 4) is 9.88 Å². The summed E-state index contributed by atoms with van der Waals surface area (Å²) in [6.07, 6.45) is 0. The molecule has 2 aromatic heterocycles. The van der Waals surface area contributed by atoms with E-state index in [9.17, 15) is 9.59 Å². The monoisotopic (exact) mass is 359 g/mol. The molecule has 0 aromatic carbocycles. The number of rotatable bonds is 3. The zero-order valence-electron chi connectivity index (χ0n) is 10.4. The Kier molecular flexibility index (Phi) is 4.17. The van der Waals surface area contributed by atoms with Gasteiger partial charge in [0.05, 0.1) is 12.0 Å². The summed E-state index contributed by atoms with van der Waals surface area (Å²) >= 11 is 6.21. The van der Waals surface area contributed by atoms with Gasteiger partial charge in [-0.3, -0.25) is 4.79 Å². The van der Waals surface area contributed by atoms with Crippen LogP contribution in [0.2, 0.25) is 0 Å². The molecule has 0 spiro atoms. The lowest BCUT2D eigenvalue weighted by atomic mass is 10.3. The van der Waals surface area contributed by atoms with Crippen LogP contribution in [-0.2, 0) is 4.74 Å². The van der Waals surface area contributed by atoms with Crippen LogP contribution in [0.1, 0.15) is 32.0 Å². The van der Waals surface area contributed by atoms with Gasteiger partial charge in [0, 0.05) is 16.3 Å². The van der Waals surface area contributed by atoms with E-state index in [1.165, 1.54) is 25.4 Å². The normalized spacial score (nSPS) is 10.5. The fourth-order valence-corrected chi connectivity index (χ4v) is 3.99. The molecule has 0 unspecified atom stereocenters. The van der Waals surface area contributed by atoms with Crippen molar-refractivity contribution in [2.24, 2.45) is 0 Å². The average Bonchev–Trinajstić information content (AvgIpc) is 2.93. The van der Waals surface area contributed by atoms with Gasteiger partial charge in [0.1, 0.15) is 9.88 Å². The van der Waals surface area contributed by atoms with Gasteiger partial charge >= 0.3 is 5.97 Å². The number of ketones is 1. The van der Waals surface area contributed by atoms with E-state index in [1.807, 2.05) is 13.0 Å². The van der Waals surface area contributed by atoms with Crippen molar-refractivity contribution in [1.29, 1.82) is 0 Å². The number of hydrogen-bond donors (Lipinski definition) is 0. The maximum atomic E-state index is 11.6. The van der Waals surface area contributed by atoms with Crippen molar-refractivity contribution < 1.29 is 14.3 Å². The minimum atomic E-state index is -0.583. The topological polar surface area (TPSA) is 56.3 Å². The number of nitrogens with zero attached hydrogens (tertiary/aromatic N) is 1. The summed E-state index contributed by atoms with van der Waals surface area (Å²) in [4.78, 5) is 29.8. The van der Waals surface area contributed by atoms with Gasteiger partial charge in [-0.15, -0.1) is 22.7 Å². The van der Waals surface area contributed by atoms with Gasteiger partial charge in [-0.25, -0.2) is 9.78 Å². The molecule has 0 bridgehead atoms. The number of ether oxygens (including phenoxy) is 1. The fraction of sp³-hybridized carbons (Fsp3) is 0.250. The number of thiophene rings is 1. The van der Waals surface area contributed by atoms with Gasteiger partial charge < -0.3 is 4.74 Å². The number of aryl methyl sites for hydroxylation is 1. The standard InChI is InChI=1S/C12H10BrNO3S2/c1-5(15)10-9(12(16)17-3)14-11(19-10)8-4-7(13)6(2)18-8/h4H,1-3H3. The van der Waals surface area contributed by atoms with Gasteiger partial charge in [-0.05, 0) is 28.9 Å². The van der Waals surface area contributed by atoms with E-state index in [2.05, 4.69) is 25.7 Å². The van der Waals surface area contributed by atoms with Crippen LogP contribution in [0.4, 0.5) is 0 Å². The Labute approximate surface area is 126 Å². The fourth-order valence-electron chi connectivity index (χ4n) is 1.46. The molecule has 0 fully saturated rings. The number of Topliss-reactive ketones (excluding diaryl/α,β-unsaturated/α-hetero) is 1. The third kappa shape index (κ3) is 2.77. The molecule has 0 aliphatic carbocycles. The zero-order chi connectivity index (χ0) is 14.2. The summed E-state index contributed by atoms with van der Waals surface area (Å²) < 4.78 is 5.64. The Morgan fingerprint density at radius 1 is 1.37 bits per heavy atom. The number of halogens is 1. The molecule has 7 heteroatoms. The largest absolute Gasteiger partial charge is 0.464 e. The van der Waals surface area contributed by atoms with Crippen molar-refractivity contribution in [2.75, 3.05) is 7.11 Å². The van der Waals surface area contributed by atoms with Crippen LogP contribution >= 0.6 is 38.6 Å². The zero-order valence-corrected chi connectivity index (χ0v) is 13.7. The molecule has 2 heterocycles. The number of hydrogen-bond acceptors (Lipinski definition) is 6. The van der Waals surface area contributed by atoms with Crippen molar-refractivity contribution in [1.82, 2.24) is 4.98 Å². The SMILES string of the molecule is COC(=O)c1nc(-c2cc(Br)c(C)s2)sc1C(C)=O. The molecule has 0 radical (unpaired) electrons. The van der Waals surface area contributed by atoms with E-state index in [1.54, 1.807) is 11.3 Å². The summed E-state index contributed by atoms with van der Waals surface area (Å²) in [7, 11) is 1.27. The Bertz CT molecular complexity index is 640. The molecule has 2 rings (SSSR count). The third-order valence-electron chi connectivity index (χ3n) is 2.39. The van der Waals surface area contributed by atoms with Crippen molar-refractivity contribution in [2.45, 2.75) is 13.8 Å². The van der Waals surface area contributed by atoms with Crippen LogP contribution in [0.25, 0.3) is 9.88 Å². The number of aromatic nitrogens is 1. The number of carbonyl (C=O) groups excluding carboxylic acids is 2. The average molecular weight is 360 g/mol. The highest BCUT2D eigenvalue weighted by Gasteiger charge is 2.23. The Hall–Kier alpha value is -1.05. The molecule has 100 valence electrons. The van der Waals surface area contributed by atoms with Crippen LogP contribution in [-0.4, -0.2) is 23.8 Å². The molecule has 4 nitrogen and oxygen atoms in total. The first-order valence-electron chi connectivity index (χ1n) is 5.30. The van der Waals surface area contributed by atoms with E-state index in [4.69, 9.17) is 0 Å². The Morgan fingerprint density at radius 3 is 2.53 bits per heavy atom. The Morgan fingerprint density at radius 2 is 2.05 bits per heavy atom. The van der Waals surface area contributed by atoms with E-state index >= 15 is 0 Å². The molecule has 0 aliphatic heterocycles. The third-order valence-corrected chi connectivity index (χ3v) is 5.86. The molecule has 0 N–H and O–H groups in total. The van der Waals surface area contributed by atoms with E-state index in [0.717, 1.165) is 14.2 Å². The number of carbonyl (C=O) groups is 2. The van der Waals surface area contributed by atoms with Crippen LogP contribution in [0.5, 0.6) is 0 Å². The second-order valence-electron chi connectivity index (χ2n) is 3.76. The lowest BCUT2D eigenvalue weighted by Crippen LogP contribution is -2.06. The summed E-state index contributed by atoms with van der Waals surface area (Å²) in [5.41, 5.74) is 0.0946. The summed E-state index contributed by atoms with van der Waals surface area (Å²) in [5, 5.41) is 0.657. The molecule has 19 heavy (non-hydrogen) atoms. The van der Waals surface area contributed by atoms with Gasteiger partial charge in [0.25, 0.3) is 0 Å². The highest BCUT2D eigenvalue weighted by atomic mass is 79.9. The van der Waals surface area contributed by atoms with Gasteiger partial charge in [-0.2, -0.15) is 0 Å². The quantitative estimate of drug-likeness (QED) is 0.615. The first-order chi connectivity index (χ1) is 8.93. The van der Waals surface area contributed by atoms with Crippen LogP contribution < -0.4 is 0 Å². The highest BCUT2D eigenvalue weighted by molar-refractivity contribution is 9.10. The molecular weight excluding hydrogens is 350 g/mol. The molecule has 0 atom stereocenters. The lowest BCUT2D eigenvalue weighted by Gasteiger charge is -1.95. The second kappa shape index (κ2) is 5.52. The molecule has 0 saturated heterocycles. The summed E-state index contributed by atoms with van der Waals surface area (Å²) in [6, 6.07) is 1.93. The van der Waals surface area contributed by atoms with Gasteiger partial charge in [-0.1, -0.05) is 0 Å². The number of methoxy groups -OCH3 is 1. The molecule has 2 aromatic rings. The number of thiazole rings is 1. The van der Waals surface area contributed by atoms with Crippen LogP contribution in [0.3, 0.4) is 0 Å². The van der Waals surface area contributed by atoms with Crippen molar-refractivity contribution in [3.63, 3.8) is 0 Å². The molecule has 0 aliphatic rings. The number of esters is 1. The van der Waals surface area contributed by atoms with Crippen LogP contribution in [0.15, 0.2) is 10.5 Å². The predicted molar refractivity (Wildman–Crippen MR) is 79.2 cm³/mol. The van der Waals surface area contributed by atoms with E-state index < -0.39 is 5.97 Å². The molecule has 0 saturated carbocycles. The van der Waals surface area contributed by atoms with Gasteiger partial charge in [0.2, 0.25) is 0 Å².